The summed E-state index contributed by atoms with van der Waals surface area (Å²) in [6, 6.07) is 25.1. The van der Waals surface area contributed by atoms with Gasteiger partial charge in [0, 0.05) is 23.1 Å². The Bertz CT molecular complexity index is 1530. The summed E-state index contributed by atoms with van der Waals surface area (Å²) in [7, 11) is 0. The number of imidazole rings is 1. The van der Waals surface area contributed by atoms with Crippen molar-refractivity contribution in [2.24, 2.45) is 0 Å². The zero-order chi connectivity index (χ0) is 28.4. The Labute approximate surface area is 249 Å². The minimum absolute atomic E-state index is 0.175. The van der Waals surface area contributed by atoms with Crippen LogP contribution >= 0.6 is 23.2 Å². The number of halogens is 2. The van der Waals surface area contributed by atoms with Crippen LogP contribution in [0.2, 0.25) is 10.0 Å². The highest BCUT2D eigenvalue weighted by Gasteiger charge is 2.25. The summed E-state index contributed by atoms with van der Waals surface area (Å²) in [5.74, 6) is 0.703. The summed E-state index contributed by atoms with van der Waals surface area (Å²) in [4.78, 5) is 13.5. The number of hydrogen-bond donors (Lipinski definition) is 3. The summed E-state index contributed by atoms with van der Waals surface area (Å²) in [5.41, 5.74) is 4.51. The lowest BCUT2D eigenvalue weighted by atomic mass is 10.0. The molecule has 3 N–H and O–H groups in total. The van der Waals surface area contributed by atoms with Crippen molar-refractivity contribution >= 4 is 40.2 Å². The molecule has 2 aromatic heterocycles. The van der Waals surface area contributed by atoms with E-state index in [1.165, 1.54) is 0 Å². The maximum Gasteiger partial charge on any atom is 0.165 e. The van der Waals surface area contributed by atoms with E-state index in [9.17, 15) is 5.11 Å². The number of hydrogen-bond acceptors (Lipinski definition) is 7. The van der Waals surface area contributed by atoms with Gasteiger partial charge in [-0.05, 0) is 41.8 Å². The van der Waals surface area contributed by atoms with Crippen molar-refractivity contribution in [3.05, 3.63) is 118 Å². The SMILES string of the molecule is OC[C@@H](OCc1ccccc1)[C@H](NCCCn1cnc2c(NCc3ccccc3)ncnc21)c1ccc(Cl)cc1Cl. The van der Waals surface area contributed by atoms with Gasteiger partial charge < -0.3 is 25.0 Å². The van der Waals surface area contributed by atoms with Gasteiger partial charge in [-0.1, -0.05) is 89.9 Å². The summed E-state index contributed by atoms with van der Waals surface area (Å²) >= 11 is 12.7. The van der Waals surface area contributed by atoms with Crippen molar-refractivity contribution in [1.29, 1.82) is 0 Å². The highest BCUT2D eigenvalue weighted by molar-refractivity contribution is 6.35. The molecule has 0 saturated carbocycles. The van der Waals surface area contributed by atoms with Crippen LogP contribution < -0.4 is 10.6 Å². The zero-order valence-electron chi connectivity index (χ0n) is 22.5. The van der Waals surface area contributed by atoms with Crippen LogP contribution in [0.4, 0.5) is 5.82 Å². The molecule has 2 heterocycles. The molecule has 212 valence electrons. The van der Waals surface area contributed by atoms with E-state index in [0.29, 0.717) is 42.1 Å². The Kier molecular flexibility index (Phi) is 10.2. The van der Waals surface area contributed by atoms with Crippen LogP contribution in [0.3, 0.4) is 0 Å². The average Bonchev–Trinajstić information content (AvgIpc) is 3.42. The first kappa shape index (κ1) is 29.0. The first-order valence-corrected chi connectivity index (χ1v) is 14.3. The molecule has 0 aliphatic carbocycles. The molecule has 0 amide bonds. The Hall–Kier alpha value is -3.53. The average molecular weight is 592 g/mol. The number of aliphatic hydroxyl groups is 1. The smallest absolute Gasteiger partial charge is 0.165 e. The van der Waals surface area contributed by atoms with E-state index < -0.39 is 6.10 Å². The predicted octanol–water partition coefficient (Wildman–Crippen LogP) is 6.04. The number of aryl methyl sites for hydroxylation is 1. The maximum atomic E-state index is 10.3. The fourth-order valence-electron chi connectivity index (χ4n) is 4.69. The van der Waals surface area contributed by atoms with Gasteiger partial charge in [-0.2, -0.15) is 0 Å². The fourth-order valence-corrected chi connectivity index (χ4v) is 5.22. The number of anilines is 1. The summed E-state index contributed by atoms with van der Waals surface area (Å²) in [6.07, 6.45) is 3.61. The van der Waals surface area contributed by atoms with Gasteiger partial charge in [0.1, 0.15) is 17.9 Å². The standard InChI is InChI=1S/C31H32Cl2N6O2/c32-24-12-13-25(26(33)16-24)28(27(18-40)41-19-23-10-5-2-6-11-23)34-14-7-15-39-21-38-29-30(36-20-37-31(29)39)35-17-22-8-3-1-4-9-22/h1-6,8-13,16,20-21,27-28,34,40H,7,14-15,17-19H2,(H,35,36,37)/t27-,28-/m1/s1. The molecule has 0 fully saturated rings. The number of fused-ring (bicyclic) bond motifs is 1. The highest BCUT2D eigenvalue weighted by atomic mass is 35.5. The van der Waals surface area contributed by atoms with E-state index in [1.807, 2.05) is 59.2 Å². The third-order valence-electron chi connectivity index (χ3n) is 6.80. The number of ether oxygens (including phenoxy) is 1. The van der Waals surface area contributed by atoms with Gasteiger partial charge in [0.15, 0.2) is 11.5 Å². The summed E-state index contributed by atoms with van der Waals surface area (Å²) < 4.78 is 8.18. The molecule has 5 rings (SSSR count). The molecule has 41 heavy (non-hydrogen) atoms. The monoisotopic (exact) mass is 590 g/mol. The Morgan fingerprint density at radius 3 is 2.39 bits per heavy atom. The number of aliphatic hydroxyl groups excluding tert-OH is 1. The zero-order valence-corrected chi connectivity index (χ0v) is 24.0. The van der Waals surface area contributed by atoms with Gasteiger partial charge in [0.05, 0.1) is 25.6 Å². The Balaban J connectivity index is 1.24. The van der Waals surface area contributed by atoms with Gasteiger partial charge in [-0.15, -0.1) is 0 Å². The largest absolute Gasteiger partial charge is 0.394 e. The second kappa shape index (κ2) is 14.4. The van der Waals surface area contributed by atoms with Crippen molar-refractivity contribution in [2.75, 3.05) is 18.5 Å². The maximum absolute atomic E-state index is 10.3. The van der Waals surface area contributed by atoms with Crippen molar-refractivity contribution in [1.82, 2.24) is 24.8 Å². The second-order valence-electron chi connectivity index (χ2n) is 9.64. The predicted molar refractivity (Wildman–Crippen MR) is 163 cm³/mol. The highest BCUT2D eigenvalue weighted by Crippen LogP contribution is 2.30. The molecule has 5 aromatic rings. The molecule has 0 aliphatic rings. The summed E-state index contributed by atoms with van der Waals surface area (Å²) in [6.45, 7) is 2.17. The Morgan fingerprint density at radius 2 is 1.66 bits per heavy atom. The van der Waals surface area contributed by atoms with E-state index in [2.05, 4.69) is 37.7 Å². The van der Waals surface area contributed by atoms with Gasteiger partial charge in [0.25, 0.3) is 0 Å². The molecular formula is C31H32Cl2N6O2. The Morgan fingerprint density at radius 1 is 0.902 bits per heavy atom. The van der Waals surface area contributed by atoms with Gasteiger partial charge in [0.2, 0.25) is 0 Å². The molecular weight excluding hydrogens is 559 g/mol. The molecule has 0 aliphatic heterocycles. The molecule has 0 spiro atoms. The topological polar surface area (TPSA) is 97.1 Å². The van der Waals surface area contributed by atoms with Crippen LogP contribution in [0.1, 0.15) is 29.2 Å². The van der Waals surface area contributed by atoms with E-state index in [4.69, 9.17) is 27.9 Å². The molecule has 0 radical (unpaired) electrons. The number of rotatable bonds is 14. The first-order chi connectivity index (χ1) is 20.1. The van der Waals surface area contributed by atoms with Gasteiger partial charge >= 0.3 is 0 Å². The van der Waals surface area contributed by atoms with Crippen LogP contribution in [-0.4, -0.2) is 43.9 Å². The lowest BCUT2D eigenvalue weighted by Crippen LogP contribution is -2.37. The second-order valence-corrected chi connectivity index (χ2v) is 10.5. The van der Waals surface area contributed by atoms with Crippen molar-refractivity contribution in [2.45, 2.75) is 38.3 Å². The molecule has 8 nitrogen and oxygen atoms in total. The number of benzene rings is 3. The van der Waals surface area contributed by atoms with Gasteiger partial charge in [-0.3, -0.25) is 0 Å². The van der Waals surface area contributed by atoms with Crippen LogP contribution in [0.5, 0.6) is 0 Å². The van der Waals surface area contributed by atoms with Crippen molar-refractivity contribution < 1.29 is 9.84 Å². The van der Waals surface area contributed by atoms with Crippen molar-refractivity contribution in [3.63, 3.8) is 0 Å². The molecule has 3 aromatic carbocycles. The molecule has 0 unspecified atom stereocenters. The van der Waals surface area contributed by atoms with E-state index >= 15 is 0 Å². The minimum atomic E-state index is -0.519. The third-order valence-corrected chi connectivity index (χ3v) is 7.36. The molecule has 0 bridgehead atoms. The number of nitrogens with zero attached hydrogens (tertiary/aromatic N) is 4. The van der Waals surface area contributed by atoms with Crippen molar-refractivity contribution in [3.8, 4) is 0 Å². The fraction of sp³-hybridized carbons (Fsp3) is 0.258. The number of nitrogens with one attached hydrogen (secondary N) is 2. The normalized spacial score (nSPS) is 12.9. The molecule has 10 heteroatoms. The summed E-state index contributed by atoms with van der Waals surface area (Å²) in [5, 5.41) is 18.3. The minimum Gasteiger partial charge on any atom is -0.394 e. The molecule has 0 saturated heterocycles. The number of aromatic nitrogens is 4. The molecule has 2 atom stereocenters. The van der Waals surface area contributed by atoms with Crippen LogP contribution in [0.25, 0.3) is 11.2 Å². The van der Waals surface area contributed by atoms with Gasteiger partial charge in [-0.25, -0.2) is 15.0 Å². The van der Waals surface area contributed by atoms with Crippen LogP contribution in [0, 0.1) is 0 Å². The van der Waals surface area contributed by atoms with E-state index in [1.54, 1.807) is 24.8 Å². The lowest BCUT2D eigenvalue weighted by molar-refractivity contribution is -0.0206. The lowest BCUT2D eigenvalue weighted by Gasteiger charge is -2.28. The third kappa shape index (κ3) is 7.61. The first-order valence-electron chi connectivity index (χ1n) is 13.5. The van der Waals surface area contributed by atoms with E-state index in [0.717, 1.165) is 34.3 Å². The van der Waals surface area contributed by atoms with E-state index in [-0.39, 0.29) is 12.6 Å². The quantitative estimate of drug-likeness (QED) is 0.136. The van der Waals surface area contributed by atoms with Crippen LogP contribution in [0.15, 0.2) is 91.5 Å². The van der Waals surface area contributed by atoms with Crippen LogP contribution in [-0.2, 0) is 24.4 Å².